The van der Waals surface area contributed by atoms with E-state index in [9.17, 15) is 9.59 Å². The molecule has 0 aliphatic heterocycles. The van der Waals surface area contributed by atoms with Gasteiger partial charge in [-0.2, -0.15) is 5.90 Å². The first-order chi connectivity index (χ1) is 10.9. The molecule has 0 saturated heterocycles. The van der Waals surface area contributed by atoms with Gasteiger partial charge in [-0.15, -0.1) is 0 Å². The third-order valence-electron chi connectivity index (χ3n) is 3.10. The fourth-order valence-corrected chi connectivity index (χ4v) is 4.70. The van der Waals surface area contributed by atoms with E-state index >= 15 is 0 Å². The van der Waals surface area contributed by atoms with Gasteiger partial charge in [-0.3, -0.25) is 9.59 Å². The average Bonchev–Trinajstić information content (AvgIpc) is 2.52. The van der Waals surface area contributed by atoms with E-state index in [-0.39, 0.29) is 12.3 Å². The molecule has 9 heteroatoms. The van der Waals surface area contributed by atoms with Crippen LogP contribution in [0, 0.1) is 5.92 Å². The van der Waals surface area contributed by atoms with Crippen LogP contribution in [0.3, 0.4) is 0 Å². The molecule has 0 unspecified atom stereocenters. The minimum Gasteiger partial charge on any atom is -0.374 e. The summed E-state index contributed by atoms with van der Waals surface area (Å²) < 4.78 is 17.2. The summed E-state index contributed by atoms with van der Waals surface area (Å²) in [5, 5.41) is 2.78. The quantitative estimate of drug-likeness (QED) is 0.289. The van der Waals surface area contributed by atoms with E-state index in [1.807, 2.05) is 20.8 Å². The summed E-state index contributed by atoms with van der Waals surface area (Å²) in [6, 6.07) is 0.627. The molecule has 0 spiro atoms. The largest absolute Gasteiger partial charge is 0.500 e. The van der Waals surface area contributed by atoms with Crippen molar-refractivity contribution in [2.75, 3.05) is 26.4 Å². The summed E-state index contributed by atoms with van der Waals surface area (Å²) in [4.78, 5) is 26.9. The molecule has 8 nitrogen and oxygen atoms in total. The van der Waals surface area contributed by atoms with Crippen molar-refractivity contribution in [1.29, 1.82) is 0 Å². The van der Waals surface area contributed by atoms with Gasteiger partial charge in [0.25, 0.3) is 0 Å². The van der Waals surface area contributed by atoms with Crippen molar-refractivity contribution in [2.45, 2.75) is 46.6 Å². The molecule has 1 amide bonds. The fourth-order valence-electron chi connectivity index (χ4n) is 2.08. The predicted octanol–water partition coefficient (Wildman–Crippen LogP) is 0.984. The second kappa shape index (κ2) is 12.4. The Morgan fingerprint density at radius 2 is 1.61 bits per heavy atom. The first-order valence-electron chi connectivity index (χ1n) is 8.03. The molecule has 0 radical (unpaired) electrons. The van der Waals surface area contributed by atoms with Gasteiger partial charge in [0.15, 0.2) is 0 Å². The number of nitrogens with two attached hydrogens (primary N) is 1. The van der Waals surface area contributed by atoms with Gasteiger partial charge in [-0.25, -0.2) is 0 Å². The van der Waals surface area contributed by atoms with Crippen LogP contribution >= 0.6 is 0 Å². The Balaban J connectivity index is 4.27. The van der Waals surface area contributed by atoms with Crippen LogP contribution in [0.15, 0.2) is 0 Å². The molecule has 1 atom stereocenters. The topological polar surface area (TPSA) is 109 Å². The molecule has 0 heterocycles. The highest BCUT2D eigenvalue weighted by molar-refractivity contribution is 6.60. The van der Waals surface area contributed by atoms with Crippen molar-refractivity contribution in [3.05, 3.63) is 0 Å². The highest BCUT2D eigenvalue weighted by Crippen LogP contribution is 2.17. The Morgan fingerprint density at radius 3 is 2.04 bits per heavy atom. The van der Waals surface area contributed by atoms with Gasteiger partial charge in [-0.1, -0.05) is 6.92 Å². The molecule has 0 rings (SSSR count). The van der Waals surface area contributed by atoms with Crippen LogP contribution in [-0.2, 0) is 27.7 Å². The molecule has 3 N–H and O–H groups in total. The molecule has 0 aliphatic rings. The summed E-state index contributed by atoms with van der Waals surface area (Å²) in [7, 11) is -2.67. The van der Waals surface area contributed by atoms with Crippen LogP contribution in [0.4, 0.5) is 0 Å². The standard InChI is InChI=1S/C14H30N2O6Si/c1-5-19-23(20-6-2,21-7-3)10-8-9-16-14(18)12(4)11-13(17)22-15/h12H,5-11,15H2,1-4H3,(H,16,18)/t12-/m1/s1. The van der Waals surface area contributed by atoms with E-state index in [0.29, 0.717) is 38.8 Å². The minimum absolute atomic E-state index is 0.0438. The number of rotatable bonds is 13. The van der Waals surface area contributed by atoms with Gasteiger partial charge < -0.3 is 23.4 Å². The molecule has 0 aromatic heterocycles. The third kappa shape index (κ3) is 9.01. The van der Waals surface area contributed by atoms with E-state index in [1.54, 1.807) is 6.92 Å². The molecule has 0 aromatic rings. The first-order valence-corrected chi connectivity index (χ1v) is 9.96. The summed E-state index contributed by atoms with van der Waals surface area (Å²) >= 11 is 0. The number of carbonyl (C=O) groups is 2. The molecular weight excluding hydrogens is 320 g/mol. The van der Waals surface area contributed by atoms with Crippen molar-refractivity contribution in [3.8, 4) is 0 Å². The summed E-state index contributed by atoms with van der Waals surface area (Å²) in [6.45, 7) is 9.39. The lowest BCUT2D eigenvalue weighted by molar-refractivity contribution is -0.147. The smallest absolute Gasteiger partial charge is 0.374 e. The van der Waals surface area contributed by atoms with Crippen LogP contribution in [-0.4, -0.2) is 47.0 Å². The van der Waals surface area contributed by atoms with Gasteiger partial charge in [0, 0.05) is 38.3 Å². The zero-order valence-corrected chi connectivity index (χ0v) is 15.6. The highest BCUT2D eigenvalue weighted by Gasteiger charge is 2.39. The van der Waals surface area contributed by atoms with Gasteiger partial charge in [0.2, 0.25) is 5.91 Å². The SMILES string of the molecule is CCO[Si](CCCNC(=O)[C@H](C)CC(=O)ON)(OCC)OCC. The molecule has 136 valence electrons. The second-order valence-corrected chi connectivity index (χ2v) is 7.70. The second-order valence-electron chi connectivity index (χ2n) is 4.97. The van der Waals surface area contributed by atoms with Gasteiger partial charge in [0.05, 0.1) is 6.42 Å². The van der Waals surface area contributed by atoms with Gasteiger partial charge in [-0.05, 0) is 27.2 Å². The molecule has 0 saturated carbocycles. The van der Waals surface area contributed by atoms with Crippen LogP contribution < -0.4 is 11.2 Å². The van der Waals surface area contributed by atoms with Crippen molar-refractivity contribution < 1.29 is 27.7 Å². The highest BCUT2D eigenvalue weighted by atomic mass is 28.4. The van der Waals surface area contributed by atoms with Gasteiger partial charge in [0.1, 0.15) is 0 Å². The van der Waals surface area contributed by atoms with Crippen LogP contribution in [0.2, 0.25) is 6.04 Å². The van der Waals surface area contributed by atoms with Crippen LogP contribution in [0.25, 0.3) is 0 Å². The molecule has 0 fully saturated rings. The zero-order valence-electron chi connectivity index (χ0n) is 14.6. The maximum Gasteiger partial charge on any atom is 0.500 e. The van der Waals surface area contributed by atoms with Crippen LogP contribution in [0.1, 0.15) is 40.5 Å². The summed E-state index contributed by atoms with van der Waals surface area (Å²) in [5.74, 6) is 3.45. The number of nitrogens with one attached hydrogen (secondary N) is 1. The van der Waals surface area contributed by atoms with Crippen molar-refractivity contribution >= 4 is 20.7 Å². The number of hydrogen-bond acceptors (Lipinski definition) is 7. The number of hydrogen-bond donors (Lipinski definition) is 2. The first kappa shape index (κ1) is 22.0. The molecular formula is C14H30N2O6Si. The molecule has 0 bridgehead atoms. The van der Waals surface area contributed by atoms with E-state index in [4.69, 9.17) is 19.2 Å². The zero-order chi connectivity index (χ0) is 17.7. The van der Waals surface area contributed by atoms with Crippen LogP contribution in [0.5, 0.6) is 0 Å². The Labute approximate surface area is 139 Å². The van der Waals surface area contributed by atoms with E-state index in [1.165, 1.54) is 0 Å². The number of amides is 1. The predicted molar refractivity (Wildman–Crippen MR) is 87.1 cm³/mol. The van der Waals surface area contributed by atoms with E-state index in [2.05, 4.69) is 10.2 Å². The lowest BCUT2D eigenvalue weighted by Gasteiger charge is -2.28. The number of carbonyl (C=O) groups excluding carboxylic acids is 2. The maximum atomic E-state index is 11.9. The van der Waals surface area contributed by atoms with Crippen molar-refractivity contribution in [1.82, 2.24) is 5.32 Å². The Morgan fingerprint density at radius 1 is 1.09 bits per heavy atom. The summed E-state index contributed by atoms with van der Waals surface area (Å²) in [5.41, 5.74) is 0. The van der Waals surface area contributed by atoms with Gasteiger partial charge >= 0.3 is 14.8 Å². The monoisotopic (exact) mass is 350 g/mol. The van der Waals surface area contributed by atoms with E-state index < -0.39 is 20.7 Å². The Kier molecular flexibility index (Phi) is 11.9. The Hall–Kier alpha value is -1.00. The van der Waals surface area contributed by atoms with Crippen molar-refractivity contribution in [2.24, 2.45) is 11.8 Å². The molecule has 0 aliphatic carbocycles. The average molecular weight is 350 g/mol. The molecule has 23 heavy (non-hydrogen) atoms. The minimum atomic E-state index is -2.67. The maximum absolute atomic E-state index is 11.9. The van der Waals surface area contributed by atoms with E-state index in [0.717, 1.165) is 0 Å². The summed E-state index contributed by atoms with van der Waals surface area (Å²) in [6.07, 6.45) is 0.629. The lowest BCUT2D eigenvalue weighted by atomic mass is 10.1. The van der Waals surface area contributed by atoms with Crippen molar-refractivity contribution in [3.63, 3.8) is 0 Å². The normalized spacial score (nSPS) is 12.7. The fraction of sp³-hybridized carbons (Fsp3) is 0.857. The lowest BCUT2D eigenvalue weighted by Crippen LogP contribution is -2.46. The third-order valence-corrected chi connectivity index (χ3v) is 6.26. The Bertz CT molecular complexity index is 339. The molecule has 0 aromatic carbocycles.